The van der Waals surface area contributed by atoms with E-state index in [0.29, 0.717) is 6.42 Å². The number of hydrogen-bond donors (Lipinski definition) is 1. The van der Waals surface area contributed by atoms with Crippen LogP contribution < -0.4 is 10.6 Å². The first-order chi connectivity index (χ1) is 11.2. The highest BCUT2D eigenvalue weighted by atomic mass is 16.2. The maximum absolute atomic E-state index is 12.4. The molecule has 1 aliphatic rings. The molecule has 2 rings (SSSR count). The van der Waals surface area contributed by atoms with Crippen molar-refractivity contribution in [3.8, 4) is 0 Å². The monoisotopic (exact) mass is 316 g/mol. The van der Waals surface area contributed by atoms with E-state index in [4.69, 9.17) is 5.73 Å². The topological polar surface area (TPSA) is 46.3 Å². The lowest BCUT2D eigenvalue weighted by Crippen LogP contribution is -2.35. The molecule has 0 saturated carbocycles. The van der Waals surface area contributed by atoms with Crippen molar-refractivity contribution in [1.29, 1.82) is 0 Å². The lowest BCUT2D eigenvalue weighted by molar-refractivity contribution is -0.118. The molecule has 3 nitrogen and oxygen atoms in total. The minimum atomic E-state index is 0.249. The first-order valence-electron chi connectivity index (χ1n) is 9.33. The summed E-state index contributed by atoms with van der Waals surface area (Å²) in [6, 6.07) is 6.83. The number of unbranched alkanes of at least 4 members (excludes halogenated alkanes) is 2. The van der Waals surface area contributed by atoms with Crippen molar-refractivity contribution in [3.63, 3.8) is 0 Å². The first-order valence-corrected chi connectivity index (χ1v) is 9.33. The molecule has 0 radical (unpaired) electrons. The van der Waals surface area contributed by atoms with Gasteiger partial charge >= 0.3 is 0 Å². The molecule has 1 atom stereocenters. The average Bonchev–Trinajstić information content (AvgIpc) is 2.57. The standard InChI is InChI=1S/C20H32N2O/c1-3-5-9-18(21)15-16-11-12-19-17(14-16)8-7-13-22(19)20(23)10-6-4-2/h11-12,14,18H,3-10,13,15,21H2,1-2H3. The second kappa shape index (κ2) is 9.07. The van der Waals surface area contributed by atoms with Crippen molar-refractivity contribution in [1.82, 2.24) is 0 Å². The molecule has 128 valence electrons. The SMILES string of the molecule is CCCCC(=O)N1CCCc2cc(CC(N)CCCC)ccc21. The molecule has 0 fully saturated rings. The summed E-state index contributed by atoms with van der Waals surface area (Å²) in [6.45, 7) is 5.20. The number of rotatable bonds is 8. The third-order valence-corrected chi connectivity index (χ3v) is 4.73. The van der Waals surface area contributed by atoms with E-state index in [9.17, 15) is 4.79 Å². The quantitative estimate of drug-likeness (QED) is 0.780. The highest BCUT2D eigenvalue weighted by Gasteiger charge is 2.22. The summed E-state index contributed by atoms with van der Waals surface area (Å²) in [5, 5.41) is 0. The van der Waals surface area contributed by atoms with Crippen LogP contribution in [-0.2, 0) is 17.6 Å². The van der Waals surface area contributed by atoms with E-state index in [1.807, 2.05) is 4.90 Å². The molecule has 0 aromatic heterocycles. The fourth-order valence-corrected chi connectivity index (χ4v) is 3.37. The van der Waals surface area contributed by atoms with E-state index in [1.165, 1.54) is 24.0 Å². The maximum atomic E-state index is 12.4. The minimum absolute atomic E-state index is 0.249. The van der Waals surface area contributed by atoms with Crippen LogP contribution in [0.5, 0.6) is 0 Å². The van der Waals surface area contributed by atoms with Gasteiger partial charge in [0, 0.05) is 24.7 Å². The molecular formula is C20H32N2O. The molecule has 3 heteroatoms. The number of hydrogen-bond acceptors (Lipinski definition) is 2. The molecule has 1 heterocycles. The van der Waals surface area contributed by atoms with Crippen molar-refractivity contribution in [2.24, 2.45) is 5.73 Å². The Hall–Kier alpha value is -1.35. The van der Waals surface area contributed by atoms with Gasteiger partial charge in [0.25, 0.3) is 0 Å². The summed E-state index contributed by atoms with van der Waals surface area (Å²) >= 11 is 0. The van der Waals surface area contributed by atoms with Crippen LogP contribution in [0.25, 0.3) is 0 Å². The van der Waals surface area contributed by atoms with Crippen LogP contribution in [0, 0.1) is 0 Å². The number of nitrogens with zero attached hydrogens (tertiary/aromatic N) is 1. The van der Waals surface area contributed by atoms with E-state index in [1.54, 1.807) is 0 Å². The molecule has 2 N–H and O–H groups in total. The van der Waals surface area contributed by atoms with Crippen LogP contribution in [-0.4, -0.2) is 18.5 Å². The smallest absolute Gasteiger partial charge is 0.226 e. The number of amides is 1. The van der Waals surface area contributed by atoms with Gasteiger partial charge in [0.05, 0.1) is 0 Å². The van der Waals surface area contributed by atoms with Gasteiger partial charge in [-0.1, -0.05) is 45.2 Å². The molecule has 23 heavy (non-hydrogen) atoms. The number of carbonyl (C=O) groups excluding carboxylic acids is 1. The lowest BCUT2D eigenvalue weighted by Gasteiger charge is -2.30. The Bertz CT molecular complexity index is 512. The van der Waals surface area contributed by atoms with Gasteiger partial charge in [-0.2, -0.15) is 0 Å². The largest absolute Gasteiger partial charge is 0.327 e. The number of aryl methyl sites for hydroxylation is 1. The summed E-state index contributed by atoms with van der Waals surface area (Å²) in [7, 11) is 0. The average molecular weight is 316 g/mol. The highest BCUT2D eigenvalue weighted by molar-refractivity contribution is 5.94. The van der Waals surface area contributed by atoms with Gasteiger partial charge in [-0.05, 0) is 49.3 Å². The van der Waals surface area contributed by atoms with Gasteiger partial charge < -0.3 is 10.6 Å². The van der Waals surface area contributed by atoms with Crippen molar-refractivity contribution in [2.45, 2.75) is 77.7 Å². The fraction of sp³-hybridized carbons (Fsp3) is 0.650. The van der Waals surface area contributed by atoms with Gasteiger partial charge in [-0.25, -0.2) is 0 Å². The van der Waals surface area contributed by atoms with E-state index in [0.717, 1.165) is 50.8 Å². The molecule has 1 aliphatic heterocycles. The van der Waals surface area contributed by atoms with E-state index < -0.39 is 0 Å². The number of anilines is 1. The van der Waals surface area contributed by atoms with Gasteiger partial charge in [-0.3, -0.25) is 4.79 Å². The first kappa shape index (κ1) is 18.0. The molecule has 0 bridgehead atoms. The van der Waals surface area contributed by atoms with Gasteiger partial charge in [0.15, 0.2) is 0 Å². The number of carbonyl (C=O) groups is 1. The third-order valence-electron chi connectivity index (χ3n) is 4.73. The van der Waals surface area contributed by atoms with Crippen LogP contribution in [0.2, 0.25) is 0 Å². The van der Waals surface area contributed by atoms with E-state index >= 15 is 0 Å². The molecule has 0 spiro atoms. The Morgan fingerprint density at radius 2 is 2.04 bits per heavy atom. The zero-order valence-corrected chi connectivity index (χ0v) is 14.8. The molecule has 0 saturated heterocycles. The second-order valence-corrected chi connectivity index (χ2v) is 6.82. The summed E-state index contributed by atoms with van der Waals surface area (Å²) in [4.78, 5) is 14.4. The fourth-order valence-electron chi connectivity index (χ4n) is 3.37. The summed E-state index contributed by atoms with van der Waals surface area (Å²) in [5.41, 5.74) is 10.00. The van der Waals surface area contributed by atoms with Gasteiger partial charge in [0.2, 0.25) is 5.91 Å². The summed E-state index contributed by atoms with van der Waals surface area (Å²) in [5.74, 6) is 0.278. The van der Waals surface area contributed by atoms with Crippen LogP contribution in [0.4, 0.5) is 5.69 Å². The van der Waals surface area contributed by atoms with Crippen molar-refractivity contribution in [3.05, 3.63) is 29.3 Å². The predicted molar refractivity (Wildman–Crippen MR) is 97.8 cm³/mol. The van der Waals surface area contributed by atoms with Crippen molar-refractivity contribution in [2.75, 3.05) is 11.4 Å². The summed E-state index contributed by atoms with van der Waals surface area (Å²) in [6.07, 6.45) is 9.29. The number of nitrogens with two attached hydrogens (primary N) is 1. The molecule has 1 amide bonds. The van der Waals surface area contributed by atoms with Crippen LogP contribution in [0.1, 0.15) is 69.9 Å². The molecular weight excluding hydrogens is 284 g/mol. The second-order valence-electron chi connectivity index (χ2n) is 6.82. The Labute approximate surface area is 141 Å². The zero-order valence-electron chi connectivity index (χ0n) is 14.8. The molecule has 1 aromatic rings. The van der Waals surface area contributed by atoms with Crippen LogP contribution in [0.15, 0.2) is 18.2 Å². The lowest BCUT2D eigenvalue weighted by atomic mass is 9.95. The Morgan fingerprint density at radius 3 is 2.78 bits per heavy atom. The van der Waals surface area contributed by atoms with Crippen LogP contribution >= 0.6 is 0 Å². The summed E-state index contributed by atoms with van der Waals surface area (Å²) < 4.78 is 0. The highest BCUT2D eigenvalue weighted by Crippen LogP contribution is 2.29. The molecule has 1 unspecified atom stereocenters. The predicted octanol–water partition coefficient (Wildman–Crippen LogP) is 4.22. The molecule has 1 aromatic carbocycles. The van der Waals surface area contributed by atoms with Crippen molar-refractivity contribution < 1.29 is 4.79 Å². The zero-order chi connectivity index (χ0) is 16.7. The van der Waals surface area contributed by atoms with Gasteiger partial charge in [0.1, 0.15) is 0 Å². The van der Waals surface area contributed by atoms with E-state index in [-0.39, 0.29) is 11.9 Å². The minimum Gasteiger partial charge on any atom is -0.327 e. The molecule has 0 aliphatic carbocycles. The Balaban J connectivity index is 2.05. The third kappa shape index (κ3) is 5.07. The van der Waals surface area contributed by atoms with E-state index in [2.05, 4.69) is 32.0 Å². The maximum Gasteiger partial charge on any atom is 0.226 e. The Morgan fingerprint density at radius 1 is 1.26 bits per heavy atom. The number of fused-ring (bicyclic) bond motifs is 1. The Kier molecular flexibility index (Phi) is 7.10. The normalized spacial score (nSPS) is 15.3. The van der Waals surface area contributed by atoms with Crippen LogP contribution in [0.3, 0.4) is 0 Å². The number of benzene rings is 1. The van der Waals surface area contributed by atoms with Gasteiger partial charge in [-0.15, -0.1) is 0 Å². The van der Waals surface area contributed by atoms with Crippen molar-refractivity contribution >= 4 is 11.6 Å².